The molecule has 1 aromatic carbocycles. The third kappa shape index (κ3) is 5.87. The summed E-state index contributed by atoms with van der Waals surface area (Å²) in [7, 11) is 1.71. The van der Waals surface area contributed by atoms with Gasteiger partial charge in [-0.15, -0.1) is 24.0 Å². The lowest BCUT2D eigenvalue weighted by Crippen LogP contribution is -2.42. The Bertz CT molecular complexity index is 494. The fourth-order valence-corrected chi connectivity index (χ4v) is 2.45. The van der Waals surface area contributed by atoms with Crippen molar-refractivity contribution in [1.29, 1.82) is 0 Å². The summed E-state index contributed by atoms with van der Waals surface area (Å²) in [4.78, 5) is 4.66. The van der Waals surface area contributed by atoms with Crippen LogP contribution in [0.4, 0.5) is 0 Å². The van der Waals surface area contributed by atoms with Crippen LogP contribution in [0.1, 0.15) is 25.3 Å². The van der Waals surface area contributed by atoms with Crippen molar-refractivity contribution in [3.05, 3.63) is 42.0 Å². The van der Waals surface area contributed by atoms with Crippen LogP contribution in [0, 0.1) is 0 Å². The molecule has 4 nitrogen and oxygen atoms in total. The highest BCUT2D eigenvalue weighted by Crippen LogP contribution is 2.17. The zero-order chi connectivity index (χ0) is 14.9. The Morgan fingerprint density at radius 3 is 2.68 bits per heavy atom. The minimum atomic E-state index is 0. The number of nitrogens with zero attached hydrogens (tertiary/aromatic N) is 1. The first-order valence-electron chi connectivity index (χ1n) is 7.65. The number of aliphatic imine (C=N–C) groups is 1. The fraction of sp³-hybridized carbons (Fsp3) is 0.471. The Morgan fingerprint density at radius 2 is 2.00 bits per heavy atom. The van der Waals surface area contributed by atoms with E-state index in [9.17, 15) is 0 Å². The summed E-state index contributed by atoms with van der Waals surface area (Å²) in [5.41, 5.74) is 1.20. The van der Waals surface area contributed by atoms with Gasteiger partial charge in [-0.2, -0.15) is 0 Å². The van der Waals surface area contributed by atoms with Crippen molar-refractivity contribution in [3.63, 3.8) is 0 Å². The molecule has 0 aromatic heterocycles. The van der Waals surface area contributed by atoms with E-state index in [-0.39, 0.29) is 24.0 Å². The predicted octanol–water partition coefficient (Wildman–Crippen LogP) is 3.13. The van der Waals surface area contributed by atoms with Crippen LogP contribution in [0.2, 0.25) is 0 Å². The molecule has 122 valence electrons. The molecule has 5 heteroatoms. The summed E-state index contributed by atoms with van der Waals surface area (Å²) in [6.45, 7) is 3.71. The molecule has 0 radical (unpaired) electrons. The second kappa shape index (κ2) is 10.5. The number of hydrogen-bond donors (Lipinski definition) is 2. The van der Waals surface area contributed by atoms with E-state index in [4.69, 9.17) is 4.74 Å². The molecule has 0 unspecified atom stereocenters. The molecule has 0 amide bonds. The van der Waals surface area contributed by atoms with Crippen LogP contribution in [-0.4, -0.2) is 32.2 Å². The Morgan fingerprint density at radius 1 is 1.27 bits per heavy atom. The minimum absolute atomic E-state index is 0. The van der Waals surface area contributed by atoms with E-state index in [0.717, 1.165) is 44.1 Å². The van der Waals surface area contributed by atoms with Crippen LogP contribution in [0.3, 0.4) is 0 Å². The van der Waals surface area contributed by atoms with Gasteiger partial charge in [-0.05, 0) is 37.8 Å². The van der Waals surface area contributed by atoms with Crippen LogP contribution >= 0.6 is 24.0 Å². The fourth-order valence-electron chi connectivity index (χ4n) is 2.45. The van der Waals surface area contributed by atoms with Crippen molar-refractivity contribution in [2.24, 2.45) is 4.99 Å². The number of rotatable bonds is 6. The first-order valence-corrected chi connectivity index (χ1v) is 7.65. The van der Waals surface area contributed by atoms with E-state index in [1.54, 1.807) is 7.11 Å². The van der Waals surface area contributed by atoms with E-state index in [1.165, 1.54) is 5.56 Å². The summed E-state index contributed by atoms with van der Waals surface area (Å²) in [6, 6.07) is 8.59. The van der Waals surface area contributed by atoms with Crippen molar-refractivity contribution in [2.75, 3.05) is 20.2 Å². The number of benzene rings is 1. The highest BCUT2D eigenvalue weighted by atomic mass is 127. The van der Waals surface area contributed by atoms with Crippen molar-refractivity contribution in [2.45, 2.75) is 32.2 Å². The number of guanidine groups is 1. The van der Waals surface area contributed by atoms with Gasteiger partial charge < -0.3 is 15.4 Å². The van der Waals surface area contributed by atoms with Gasteiger partial charge in [0.05, 0.1) is 7.11 Å². The van der Waals surface area contributed by atoms with Gasteiger partial charge in [-0.25, -0.2) is 0 Å². The molecule has 0 fully saturated rings. The first kappa shape index (κ1) is 18.8. The molecule has 2 N–H and O–H groups in total. The van der Waals surface area contributed by atoms with Crippen LogP contribution in [0.25, 0.3) is 0 Å². The van der Waals surface area contributed by atoms with E-state index in [1.807, 2.05) is 18.2 Å². The van der Waals surface area contributed by atoms with Crippen LogP contribution < -0.4 is 15.4 Å². The summed E-state index contributed by atoms with van der Waals surface area (Å²) in [6.07, 6.45) is 7.48. The lowest BCUT2D eigenvalue weighted by molar-refractivity contribution is 0.410. The molecule has 0 bridgehead atoms. The average Bonchev–Trinajstić information content (AvgIpc) is 3.01. The van der Waals surface area contributed by atoms with Gasteiger partial charge in [-0.3, -0.25) is 4.99 Å². The molecule has 0 atom stereocenters. The Kier molecular flexibility index (Phi) is 8.96. The molecule has 0 heterocycles. The molecule has 1 aliphatic carbocycles. The molecule has 2 rings (SSSR count). The molecule has 0 saturated carbocycles. The third-order valence-corrected chi connectivity index (χ3v) is 3.54. The minimum Gasteiger partial charge on any atom is -0.496 e. The summed E-state index contributed by atoms with van der Waals surface area (Å²) < 4.78 is 5.37. The molecule has 22 heavy (non-hydrogen) atoms. The second-order valence-corrected chi connectivity index (χ2v) is 5.11. The van der Waals surface area contributed by atoms with Gasteiger partial charge in [0.1, 0.15) is 5.75 Å². The number of hydrogen-bond acceptors (Lipinski definition) is 2. The maximum Gasteiger partial charge on any atom is 0.191 e. The molecule has 0 aliphatic heterocycles. The molecule has 1 aliphatic rings. The van der Waals surface area contributed by atoms with E-state index in [2.05, 4.69) is 40.8 Å². The molecule has 0 saturated heterocycles. The number of para-hydroxylation sites is 1. The van der Waals surface area contributed by atoms with E-state index < -0.39 is 0 Å². The van der Waals surface area contributed by atoms with Crippen molar-refractivity contribution in [1.82, 2.24) is 10.6 Å². The highest BCUT2D eigenvalue weighted by Gasteiger charge is 2.11. The van der Waals surface area contributed by atoms with E-state index in [0.29, 0.717) is 6.04 Å². The maximum absolute atomic E-state index is 5.37. The standard InChI is InChI=1S/C17H25N3O.HI/c1-3-18-17(20-15-9-5-6-10-15)19-13-12-14-8-4-7-11-16(14)21-2;/h4-8,11,15H,3,9-10,12-13H2,1-2H3,(H2,18,19,20);1H. The largest absolute Gasteiger partial charge is 0.496 e. The van der Waals surface area contributed by atoms with Crippen LogP contribution in [-0.2, 0) is 6.42 Å². The third-order valence-electron chi connectivity index (χ3n) is 3.54. The van der Waals surface area contributed by atoms with Crippen LogP contribution in [0.5, 0.6) is 5.75 Å². The average molecular weight is 415 g/mol. The van der Waals surface area contributed by atoms with Crippen molar-refractivity contribution >= 4 is 29.9 Å². The van der Waals surface area contributed by atoms with Gasteiger partial charge in [0.2, 0.25) is 0 Å². The van der Waals surface area contributed by atoms with Gasteiger partial charge in [0.25, 0.3) is 0 Å². The molecular weight excluding hydrogens is 389 g/mol. The zero-order valence-electron chi connectivity index (χ0n) is 13.3. The van der Waals surface area contributed by atoms with E-state index >= 15 is 0 Å². The summed E-state index contributed by atoms with van der Waals surface area (Å²) in [5, 5.41) is 6.78. The van der Waals surface area contributed by atoms with Gasteiger partial charge in [0.15, 0.2) is 5.96 Å². The zero-order valence-corrected chi connectivity index (χ0v) is 15.7. The van der Waals surface area contributed by atoms with Crippen molar-refractivity contribution in [3.8, 4) is 5.75 Å². The SMILES string of the molecule is CCNC(=NCCc1ccccc1OC)NC1CC=CC1.I. The predicted molar refractivity (Wildman–Crippen MR) is 103 cm³/mol. The summed E-state index contributed by atoms with van der Waals surface area (Å²) in [5.74, 6) is 1.84. The molecular formula is C17H26IN3O. The van der Waals surface area contributed by atoms with Crippen molar-refractivity contribution < 1.29 is 4.74 Å². The second-order valence-electron chi connectivity index (χ2n) is 5.11. The maximum atomic E-state index is 5.37. The number of halogens is 1. The number of ether oxygens (including phenoxy) is 1. The smallest absolute Gasteiger partial charge is 0.191 e. The number of nitrogens with one attached hydrogen (secondary N) is 2. The monoisotopic (exact) mass is 415 g/mol. The number of methoxy groups -OCH3 is 1. The summed E-state index contributed by atoms with van der Waals surface area (Å²) >= 11 is 0. The Balaban J connectivity index is 0.00000242. The normalized spacial score (nSPS) is 14.5. The Hall–Kier alpha value is -1.24. The van der Waals surface area contributed by atoms with Gasteiger partial charge in [-0.1, -0.05) is 30.4 Å². The van der Waals surface area contributed by atoms with Gasteiger partial charge in [0, 0.05) is 19.1 Å². The Labute approximate surface area is 150 Å². The lowest BCUT2D eigenvalue weighted by Gasteiger charge is -2.16. The molecule has 1 aromatic rings. The van der Waals surface area contributed by atoms with Crippen LogP contribution in [0.15, 0.2) is 41.4 Å². The topological polar surface area (TPSA) is 45.7 Å². The van der Waals surface area contributed by atoms with Gasteiger partial charge >= 0.3 is 0 Å². The highest BCUT2D eigenvalue weighted by molar-refractivity contribution is 14.0. The lowest BCUT2D eigenvalue weighted by atomic mass is 10.1. The first-order chi connectivity index (χ1) is 10.3. The molecule has 0 spiro atoms. The quantitative estimate of drug-likeness (QED) is 0.325.